The molecular weight excluding hydrogens is 435 g/mol. The van der Waals surface area contributed by atoms with Crippen LogP contribution in [0.3, 0.4) is 0 Å². The molecule has 0 aliphatic heterocycles. The summed E-state index contributed by atoms with van der Waals surface area (Å²) in [6, 6.07) is 9.76. The van der Waals surface area contributed by atoms with E-state index in [1.165, 1.54) is 12.1 Å². The minimum atomic E-state index is -4.56. The van der Waals surface area contributed by atoms with Crippen molar-refractivity contribution in [2.45, 2.75) is 18.0 Å². The van der Waals surface area contributed by atoms with Crippen LogP contribution < -0.4 is 5.32 Å². The van der Waals surface area contributed by atoms with Crippen LogP contribution in [0.15, 0.2) is 54.6 Å². The Bertz CT molecular complexity index is 1080. The first kappa shape index (κ1) is 23.9. The van der Waals surface area contributed by atoms with Crippen molar-refractivity contribution in [2.24, 2.45) is 0 Å². The van der Waals surface area contributed by atoms with Gasteiger partial charge in [-0.15, -0.1) is 0 Å². The van der Waals surface area contributed by atoms with Gasteiger partial charge >= 0.3 is 6.18 Å². The molecule has 0 spiro atoms. The molecular formula is C20H18F3N3O4S. The van der Waals surface area contributed by atoms with Crippen molar-refractivity contribution in [1.82, 2.24) is 10.2 Å². The second-order valence-corrected chi connectivity index (χ2v) is 8.75. The molecule has 2 aromatic rings. The highest BCUT2D eigenvalue weighted by molar-refractivity contribution is 7.90. The van der Waals surface area contributed by atoms with Gasteiger partial charge in [0, 0.05) is 12.6 Å². The molecule has 0 heterocycles. The van der Waals surface area contributed by atoms with E-state index in [0.717, 1.165) is 31.3 Å². The number of hydrogen-bond acceptors (Lipinski definition) is 5. The Hall–Kier alpha value is -3.39. The Morgan fingerprint density at radius 3 is 2.19 bits per heavy atom. The molecule has 0 aromatic heterocycles. The molecule has 1 N–H and O–H groups in total. The number of nitrogens with zero attached hydrogens (tertiary/aromatic N) is 2. The van der Waals surface area contributed by atoms with E-state index in [4.69, 9.17) is 5.26 Å². The average molecular weight is 453 g/mol. The van der Waals surface area contributed by atoms with Crippen LogP contribution in [0, 0.1) is 11.5 Å². The summed E-state index contributed by atoms with van der Waals surface area (Å²) < 4.78 is 63.2. The predicted molar refractivity (Wildman–Crippen MR) is 105 cm³/mol. The molecule has 0 radical (unpaired) electrons. The Morgan fingerprint density at radius 1 is 1.10 bits per heavy atom. The van der Waals surface area contributed by atoms with Gasteiger partial charge < -0.3 is 5.32 Å². The normalized spacial score (nSPS) is 12.5. The van der Waals surface area contributed by atoms with E-state index in [1.54, 1.807) is 24.4 Å². The van der Waals surface area contributed by atoms with Gasteiger partial charge in [0.2, 0.25) is 0 Å². The lowest BCUT2D eigenvalue weighted by Gasteiger charge is -2.20. The third-order valence-corrected chi connectivity index (χ3v) is 5.82. The van der Waals surface area contributed by atoms with Crippen LogP contribution in [-0.4, -0.2) is 44.0 Å². The van der Waals surface area contributed by atoms with E-state index in [2.05, 4.69) is 5.32 Å². The zero-order chi connectivity index (χ0) is 23.2. The molecule has 1 unspecified atom stereocenters. The minimum absolute atomic E-state index is 0.0854. The van der Waals surface area contributed by atoms with Gasteiger partial charge in [0.15, 0.2) is 16.0 Å². The monoisotopic (exact) mass is 453 g/mol. The van der Waals surface area contributed by atoms with Gasteiger partial charge in [-0.2, -0.15) is 18.4 Å². The number of rotatable bonds is 7. The fourth-order valence-corrected chi connectivity index (χ4v) is 4.20. The quantitative estimate of drug-likeness (QED) is 0.512. The first-order valence-corrected chi connectivity index (χ1v) is 10.6. The van der Waals surface area contributed by atoms with E-state index in [0.29, 0.717) is 4.90 Å². The van der Waals surface area contributed by atoms with E-state index in [9.17, 15) is 31.2 Å². The highest BCUT2D eigenvalue weighted by Gasteiger charge is 2.32. The molecule has 0 aliphatic carbocycles. The largest absolute Gasteiger partial charge is 0.416 e. The number of carbonyl (C=O) groups excluding carboxylic acids is 2. The molecule has 0 aliphatic rings. The summed E-state index contributed by atoms with van der Waals surface area (Å²) in [6.45, 7) is 0. The molecule has 1 atom stereocenters. The maximum Gasteiger partial charge on any atom is 0.416 e. The smallest absolute Gasteiger partial charge is 0.339 e. The molecule has 11 heteroatoms. The molecule has 0 bridgehead atoms. The average Bonchev–Trinajstić information content (AvgIpc) is 2.72. The fraction of sp³-hybridized carbons (Fsp3) is 0.250. The Kier molecular flexibility index (Phi) is 7.41. The van der Waals surface area contributed by atoms with Gasteiger partial charge in [0.25, 0.3) is 11.8 Å². The van der Waals surface area contributed by atoms with Crippen LogP contribution in [0.1, 0.15) is 21.5 Å². The standard InChI is InChI=1S/C20H18F3N3O4S/c1-26(13-24)19(28)17(25-18(27)15-5-3-2-4-6-15)12-31(29,30)11-14-7-9-16(10-8-14)20(21,22)23/h2-10,17H,11-12H2,1H3,(H,25,27). The Morgan fingerprint density at radius 2 is 1.68 bits per heavy atom. The highest BCUT2D eigenvalue weighted by atomic mass is 32.2. The number of halogens is 3. The molecule has 2 rings (SSSR count). The number of sulfone groups is 1. The number of carbonyl (C=O) groups is 2. The Balaban J connectivity index is 2.21. The van der Waals surface area contributed by atoms with Crippen LogP contribution in [0.2, 0.25) is 0 Å². The summed E-state index contributed by atoms with van der Waals surface area (Å²) in [6.07, 6.45) is -3.01. The van der Waals surface area contributed by atoms with Crippen molar-refractivity contribution in [3.8, 4) is 6.19 Å². The first-order valence-electron chi connectivity index (χ1n) is 8.83. The van der Waals surface area contributed by atoms with Gasteiger partial charge in [0.05, 0.1) is 17.1 Å². The third kappa shape index (κ3) is 6.82. The summed E-state index contributed by atoms with van der Waals surface area (Å²) in [7, 11) is -2.93. The zero-order valence-corrected chi connectivity index (χ0v) is 17.1. The van der Waals surface area contributed by atoms with Crippen molar-refractivity contribution in [2.75, 3.05) is 12.8 Å². The molecule has 164 valence electrons. The lowest BCUT2D eigenvalue weighted by Crippen LogP contribution is -2.50. The van der Waals surface area contributed by atoms with Crippen LogP contribution in [-0.2, 0) is 26.6 Å². The van der Waals surface area contributed by atoms with E-state index >= 15 is 0 Å². The van der Waals surface area contributed by atoms with Gasteiger partial charge in [-0.1, -0.05) is 30.3 Å². The van der Waals surface area contributed by atoms with Crippen LogP contribution in [0.4, 0.5) is 13.2 Å². The number of nitriles is 1. The van der Waals surface area contributed by atoms with E-state index < -0.39 is 50.9 Å². The topological polar surface area (TPSA) is 107 Å². The van der Waals surface area contributed by atoms with Gasteiger partial charge in [-0.05, 0) is 29.8 Å². The molecule has 0 saturated carbocycles. The van der Waals surface area contributed by atoms with Gasteiger partial charge in [-0.3, -0.25) is 14.5 Å². The molecule has 0 fully saturated rings. The molecule has 31 heavy (non-hydrogen) atoms. The molecule has 7 nitrogen and oxygen atoms in total. The number of benzene rings is 2. The number of hydrogen-bond donors (Lipinski definition) is 1. The number of alkyl halides is 3. The first-order chi connectivity index (χ1) is 14.4. The maximum absolute atomic E-state index is 12.7. The van der Waals surface area contributed by atoms with Gasteiger partial charge in [0.1, 0.15) is 6.04 Å². The lowest BCUT2D eigenvalue weighted by molar-refractivity contribution is -0.137. The second-order valence-electron chi connectivity index (χ2n) is 6.64. The fourth-order valence-electron chi connectivity index (χ4n) is 2.65. The third-order valence-electron chi connectivity index (χ3n) is 4.21. The van der Waals surface area contributed by atoms with Crippen molar-refractivity contribution in [3.05, 3.63) is 71.3 Å². The summed E-state index contributed by atoms with van der Waals surface area (Å²) in [5, 5.41) is 11.2. The SMILES string of the molecule is CN(C#N)C(=O)C(CS(=O)(=O)Cc1ccc(C(F)(F)F)cc1)NC(=O)c1ccccc1. The van der Waals surface area contributed by atoms with Crippen molar-refractivity contribution < 1.29 is 31.2 Å². The summed E-state index contributed by atoms with van der Waals surface area (Å²) in [5.41, 5.74) is -0.658. The number of nitrogens with one attached hydrogen (secondary N) is 1. The molecule has 2 aromatic carbocycles. The van der Waals surface area contributed by atoms with Crippen molar-refractivity contribution in [1.29, 1.82) is 5.26 Å². The summed E-state index contributed by atoms with van der Waals surface area (Å²) in [4.78, 5) is 25.4. The molecule has 2 amide bonds. The van der Waals surface area contributed by atoms with Gasteiger partial charge in [-0.25, -0.2) is 8.42 Å². The number of likely N-dealkylation sites (N-methyl/N-ethyl adjacent to an activating group) is 1. The summed E-state index contributed by atoms with van der Waals surface area (Å²) >= 11 is 0. The van der Waals surface area contributed by atoms with E-state index in [-0.39, 0.29) is 11.1 Å². The summed E-state index contributed by atoms with van der Waals surface area (Å²) in [5.74, 6) is -3.14. The predicted octanol–water partition coefficient (Wildman–Crippen LogP) is 2.36. The lowest BCUT2D eigenvalue weighted by atomic mass is 10.1. The van der Waals surface area contributed by atoms with Crippen LogP contribution in [0.5, 0.6) is 0 Å². The van der Waals surface area contributed by atoms with Crippen LogP contribution >= 0.6 is 0 Å². The minimum Gasteiger partial charge on any atom is -0.339 e. The Labute approximate surface area is 177 Å². The van der Waals surface area contributed by atoms with Crippen molar-refractivity contribution in [3.63, 3.8) is 0 Å². The number of amides is 2. The zero-order valence-electron chi connectivity index (χ0n) is 16.3. The highest BCUT2D eigenvalue weighted by Crippen LogP contribution is 2.29. The van der Waals surface area contributed by atoms with E-state index in [1.807, 2.05) is 0 Å². The molecule has 0 saturated heterocycles. The second kappa shape index (κ2) is 9.61. The maximum atomic E-state index is 12.7. The van der Waals surface area contributed by atoms with Crippen molar-refractivity contribution >= 4 is 21.7 Å². The van der Waals surface area contributed by atoms with Crippen LogP contribution in [0.25, 0.3) is 0 Å².